The van der Waals surface area contributed by atoms with Gasteiger partial charge in [-0.15, -0.1) is 0 Å². The highest BCUT2D eigenvalue weighted by Gasteiger charge is 2.18. The predicted molar refractivity (Wildman–Crippen MR) is 89.0 cm³/mol. The molecule has 0 unspecified atom stereocenters. The van der Waals surface area contributed by atoms with Crippen LogP contribution >= 0.6 is 0 Å². The molecule has 5 N–H and O–H groups in total. The maximum absolute atomic E-state index is 11.7. The SMILES string of the molecule is CS(=O)(=O)O.Nc1ccc(-c2n[nH]c(=O)c3c2NCCC3)cc1. The number of H-pyrrole nitrogens is 1. The highest BCUT2D eigenvalue weighted by molar-refractivity contribution is 7.85. The van der Waals surface area contributed by atoms with Crippen LogP contribution in [-0.4, -0.2) is 36.0 Å². The van der Waals surface area contributed by atoms with Gasteiger partial charge in [-0.05, 0) is 25.0 Å². The number of nitrogens with one attached hydrogen (secondary N) is 2. The number of rotatable bonds is 1. The average Bonchev–Trinajstić information content (AvgIpc) is 2.48. The maximum Gasteiger partial charge on any atom is 0.269 e. The first-order valence-corrected chi connectivity index (χ1v) is 8.74. The van der Waals surface area contributed by atoms with Crippen LogP contribution in [0.5, 0.6) is 0 Å². The molecule has 0 radical (unpaired) electrons. The first-order chi connectivity index (χ1) is 10.8. The second-order valence-corrected chi connectivity index (χ2v) is 6.61. The molecule has 0 saturated heterocycles. The Balaban J connectivity index is 0.000000338. The Morgan fingerprint density at radius 2 is 1.87 bits per heavy atom. The van der Waals surface area contributed by atoms with Gasteiger partial charge in [-0.3, -0.25) is 9.35 Å². The fourth-order valence-corrected chi connectivity index (χ4v) is 2.24. The van der Waals surface area contributed by atoms with Crippen molar-refractivity contribution < 1.29 is 13.0 Å². The molecule has 124 valence electrons. The highest BCUT2D eigenvalue weighted by atomic mass is 32.2. The summed E-state index contributed by atoms with van der Waals surface area (Å²) in [6, 6.07) is 7.48. The quantitative estimate of drug-likeness (QED) is 0.447. The third-order valence-electron chi connectivity index (χ3n) is 3.17. The fourth-order valence-electron chi connectivity index (χ4n) is 2.24. The maximum atomic E-state index is 11.7. The molecule has 2 aromatic rings. The smallest absolute Gasteiger partial charge is 0.269 e. The summed E-state index contributed by atoms with van der Waals surface area (Å²) in [5.41, 5.74) is 9.67. The predicted octanol–water partition coefficient (Wildman–Crippen LogP) is 0.881. The Kier molecular flexibility index (Phi) is 5.02. The fraction of sp³-hybridized carbons (Fsp3) is 0.286. The Bertz CT molecular complexity index is 836. The minimum atomic E-state index is -3.67. The van der Waals surface area contributed by atoms with Crippen molar-refractivity contribution in [2.45, 2.75) is 12.8 Å². The molecule has 8 nitrogen and oxygen atoms in total. The van der Waals surface area contributed by atoms with Crippen molar-refractivity contribution in [1.82, 2.24) is 10.2 Å². The van der Waals surface area contributed by atoms with E-state index in [4.69, 9.17) is 10.3 Å². The van der Waals surface area contributed by atoms with Crippen LogP contribution in [0.3, 0.4) is 0 Å². The van der Waals surface area contributed by atoms with E-state index in [1.807, 2.05) is 24.3 Å². The van der Waals surface area contributed by atoms with Crippen LogP contribution in [0, 0.1) is 0 Å². The molecule has 1 aromatic heterocycles. The number of fused-ring (bicyclic) bond motifs is 1. The summed E-state index contributed by atoms with van der Waals surface area (Å²) in [6.45, 7) is 0.875. The molecule has 0 amide bonds. The second kappa shape index (κ2) is 6.80. The van der Waals surface area contributed by atoms with Crippen LogP contribution in [0.4, 0.5) is 11.4 Å². The minimum absolute atomic E-state index is 0.101. The number of benzene rings is 1. The zero-order valence-corrected chi connectivity index (χ0v) is 13.4. The minimum Gasteiger partial charge on any atom is -0.399 e. The summed E-state index contributed by atoms with van der Waals surface area (Å²) in [6.07, 6.45) is 2.48. The van der Waals surface area contributed by atoms with Crippen molar-refractivity contribution in [2.75, 3.05) is 23.9 Å². The number of hydrogen-bond donors (Lipinski definition) is 4. The van der Waals surface area contributed by atoms with Gasteiger partial charge in [0.05, 0.1) is 11.9 Å². The van der Waals surface area contributed by atoms with E-state index in [0.29, 0.717) is 11.9 Å². The molecular formula is C14H18N4O4S. The van der Waals surface area contributed by atoms with E-state index in [-0.39, 0.29) is 5.56 Å². The van der Waals surface area contributed by atoms with Gasteiger partial charge in [-0.2, -0.15) is 13.5 Å². The average molecular weight is 338 g/mol. The van der Waals surface area contributed by atoms with Crippen LogP contribution in [-0.2, 0) is 16.5 Å². The number of nitrogens with two attached hydrogens (primary N) is 1. The molecule has 1 aliphatic heterocycles. The molecule has 0 atom stereocenters. The monoisotopic (exact) mass is 338 g/mol. The van der Waals surface area contributed by atoms with Gasteiger partial charge in [-0.25, -0.2) is 5.10 Å². The lowest BCUT2D eigenvalue weighted by Crippen LogP contribution is -2.24. The van der Waals surface area contributed by atoms with Crippen LogP contribution in [0.15, 0.2) is 29.1 Å². The molecule has 3 rings (SSSR count). The number of aromatic amines is 1. The Hall–Kier alpha value is -2.39. The summed E-state index contributed by atoms with van der Waals surface area (Å²) in [5, 5.41) is 9.99. The molecule has 0 spiro atoms. The third-order valence-corrected chi connectivity index (χ3v) is 3.17. The molecule has 2 heterocycles. The molecule has 0 bridgehead atoms. The van der Waals surface area contributed by atoms with Gasteiger partial charge in [0, 0.05) is 23.4 Å². The van der Waals surface area contributed by atoms with Gasteiger partial charge in [0.1, 0.15) is 5.69 Å². The molecule has 0 aliphatic carbocycles. The zero-order valence-electron chi connectivity index (χ0n) is 12.5. The second-order valence-electron chi connectivity index (χ2n) is 5.14. The van der Waals surface area contributed by atoms with Gasteiger partial charge in [0.25, 0.3) is 15.7 Å². The van der Waals surface area contributed by atoms with Crippen molar-refractivity contribution in [3.63, 3.8) is 0 Å². The van der Waals surface area contributed by atoms with Crippen molar-refractivity contribution in [3.8, 4) is 11.3 Å². The highest BCUT2D eigenvalue weighted by Crippen LogP contribution is 2.29. The topological polar surface area (TPSA) is 138 Å². The number of aromatic nitrogens is 2. The lowest BCUT2D eigenvalue weighted by atomic mass is 10.0. The Labute approximate surface area is 133 Å². The van der Waals surface area contributed by atoms with E-state index < -0.39 is 10.1 Å². The van der Waals surface area contributed by atoms with Gasteiger partial charge in [-0.1, -0.05) is 12.1 Å². The first kappa shape index (κ1) is 17.0. The molecule has 1 aliphatic rings. The number of nitrogens with zero attached hydrogens (tertiary/aromatic N) is 1. The molecule has 1 aromatic carbocycles. The van der Waals surface area contributed by atoms with E-state index in [1.54, 1.807) is 0 Å². The number of hydrogen-bond acceptors (Lipinski definition) is 6. The van der Waals surface area contributed by atoms with Crippen molar-refractivity contribution >= 4 is 21.5 Å². The van der Waals surface area contributed by atoms with E-state index >= 15 is 0 Å². The van der Waals surface area contributed by atoms with Gasteiger partial charge in [0.2, 0.25) is 0 Å². The zero-order chi connectivity index (χ0) is 17.0. The van der Waals surface area contributed by atoms with E-state index in [0.717, 1.165) is 41.9 Å². The lowest BCUT2D eigenvalue weighted by molar-refractivity contribution is 0.490. The molecule has 9 heteroatoms. The number of anilines is 2. The standard InChI is InChI=1S/C13H14N4O.CH4O3S/c14-9-5-3-8(4-6-9)11-12-10(2-1-7-15-12)13(18)17-16-11;1-5(2,3)4/h3-6,15H,1-2,7,14H2,(H,17,18);1H3,(H,2,3,4). The summed E-state index contributed by atoms with van der Waals surface area (Å²) >= 11 is 0. The molecule has 0 fully saturated rings. The first-order valence-electron chi connectivity index (χ1n) is 6.89. The van der Waals surface area contributed by atoms with Gasteiger partial charge >= 0.3 is 0 Å². The summed E-state index contributed by atoms with van der Waals surface area (Å²) < 4.78 is 25.9. The van der Waals surface area contributed by atoms with Crippen molar-refractivity contribution in [2.24, 2.45) is 0 Å². The Morgan fingerprint density at radius 1 is 1.26 bits per heavy atom. The lowest BCUT2D eigenvalue weighted by Gasteiger charge is -2.19. The normalized spacial score (nSPS) is 13.3. The van der Waals surface area contributed by atoms with E-state index in [9.17, 15) is 13.2 Å². The molecule has 23 heavy (non-hydrogen) atoms. The summed E-state index contributed by atoms with van der Waals surface area (Å²) in [5.74, 6) is 0. The van der Waals surface area contributed by atoms with Crippen LogP contribution in [0.25, 0.3) is 11.3 Å². The summed E-state index contributed by atoms with van der Waals surface area (Å²) in [4.78, 5) is 11.7. The third kappa shape index (κ3) is 4.80. The molecular weight excluding hydrogens is 320 g/mol. The number of nitrogen functional groups attached to an aromatic ring is 1. The largest absolute Gasteiger partial charge is 0.399 e. The van der Waals surface area contributed by atoms with Crippen LogP contribution in [0.1, 0.15) is 12.0 Å². The van der Waals surface area contributed by atoms with Crippen molar-refractivity contribution in [1.29, 1.82) is 0 Å². The van der Waals surface area contributed by atoms with Crippen LogP contribution in [0.2, 0.25) is 0 Å². The van der Waals surface area contributed by atoms with Crippen molar-refractivity contribution in [3.05, 3.63) is 40.2 Å². The van der Waals surface area contributed by atoms with Gasteiger partial charge in [0.15, 0.2) is 0 Å². The summed E-state index contributed by atoms with van der Waals surface area (Å²) in [7, 11) is -3.67. The van der Waals surface area contributed by atoms with Crippen LogP contribution < -0.4 is 16.6 Å². The van der Waals surface area contributed by atoms with E-state index in [2.05, 4.69) is 15.5 Å². The van der Waals surface area contributed by atoms with E-state index in [1.165, 1.54) is 0 Å². The molecule has 0 saturated carbocycles. The van der Waals surface area contributed by atoms with Gasteiger partial charge < -0.3 is 11.1 Å². The Morgan fingerprint density at radius 3 is 2.48 bits per heavy atom.